The SMILES string of the molecule is CNC(C(=O)NC1C(=O)NC(CCSC)C(=O)NC2C(=O)NC3C(=O)NC(C(=O)CC(C(=O)O)c4cc(O)cc(O)c4-c4cc3ccc4O)C(OC3CC(N)C(O)C(C)O3)c3ccc(c(Cl)c3)Oc3cc2cc(c3O)Oc2ccc(cc2)C1O)c1ccc(O)cc1. The number of carboxylic acids is 1. The third-order valence-electron chi connectivity index (χ3n) is 16.2. The number of carbonyl (C=O) groups excluding carboxylic acids is 6. The molecule has 0 aromatic heterocycles. The number of carboxylic acid groups (broad SMARTS) is 1. The minimum Gasteiger partial charge on any atom is -0.508 e. The van der Waals surface area contributed by atoms with Gasteiger partial charge in [-0.3, -0.25) is 33.6 Å². The molecule has 26 nitrogen and oxygen atoms in total. The lowest BCUT2D eigenvalue weighted by molar-refractivity contribution is -0.243. The number of benzene rings is 6. The lowest BCUT2D eigenvalue weighted by atomic mass is 9.83. The van der Waals surface area contributed by atoms with Crippen molar-refractivity contribution in [2.45, 2.75) is 105 Å². The van der Waals surface area contributed by atoms with Crippen LogP contribution in [0.15, 0.2) is 109 Å². The molecule has 6 aliphatic heterocycles. The molecule has 91 heavy (non-hydrogen) atoms. The number of hydrogen-bond acceptors (Lipinski definition) is 21. The Kier molecular flexibility index (Phi) is 19.3. The zero-order valence-electron chi connectivity index (χ0n) is 48.7. The number of rotatable bonds is 10. The van der Waals surface area contributed by atoms with Crippen molar-refractivity contribution in [3.05, 3.63) is 148 Å². The molecule has 5 amide bonds. The van der Waals surface area contributed by atoms with E-state index in [0.717, 1.165) is 30.3 Å². The summed E-state index contributed by atoms with van der Waals surface area (Å²) >= 11 is 8.34. The number of hydrogen-bond donors (Lipinski definition) is 15. The third-order valence-corrected chi connectivity index (χ3v) is 17.1. The first-order valence-corrected chi connectivity index (χ1v) is 30.3. The van der Waals surface area contributed by atoms with E-state index in [-0.39, 0.29) is 74.2 Å². The van der Waals surface area contributed by atoms with E-state index in [1.54, 1.807) is 6.26 Å². The van der Waals surface area contributed by atoms with E-state index in [9.17, 15) is 55.2 Å². The number of nitrogens with two attached hydrogens (primary N) is 1. The number of fused-ring (bicyclic) bond motifs is 15. The largest absolute Gasteiger partial charge is 0.508 e. The van der Waals surface area contributed by atoms with E-state index in [4.69, 9.17) is 36.3 Å². The van der Waals surface area contributed by atoms with Crippen LogP contribution in [-0.4, -0.2) is 144 Å². The molecule has 6 aromatic carbocycles. The fourth-order valence-electron chi connectivity index (χ4n) is 11.4. The van der Waals surface area contributed by atoms with Crippen LogP contribution in [0, 0.1) is 0 Å². The van der Waals surface area contributed by atoms with Gasteiger partial charge in [0.15, 0.2) is 23.6 Å². The normalized spacial score (nSPS) is 25.5. The highest BCUT2D eigenvalue weighted by atomic mass is 35.5. The molecule has 6 aromatic rings. The smallest absolute Gasteiger partial charge is 0.311 e. The topological polar surface area (TPSA) is 416 Å². The van der Waals surface area contributed by atoms with Crippen molar-refractivity contribution >= 4 is 64.7 Å². The number of ether oxygens (including phenoxy) is 4. The number of aliphatic hydroxyl groups excluding tert-OH is 2. The molecule has 13 unspecified atom stereocenters. The van der Waals surface area contributed by atoms with Gasteiger partial charge in [0.05, 0.1) is 23.1 Å². The molecule has 12 rings (SSSR count). The number of aliphatic carboxylic acids is 1. The van der Waals surface area contributed by atoms with Crippen molar-refractivity contribution in [2.24, 2.45) is 5.73 Å². The minimum absolute atomic E-state index is 0.0146. The molecule has 11 bridgehead atoms. The molecule has 1 fully saturated rings. The Bertz CT molecular complexity index is 3810. The molecule has 0 radical (unpaired) electrons. The average Bonchev–Trinajstić information content (AvgIpc) is 0.912. The number of ketones is 1. The van der Waals surface area contributed by atoms with E-state index in [1.807, 2.05) is 0 Å². The van der Waals surface area contributed by atoms with Gasteiger partial charge in [-0.1, -0.05) is 48.0 Å². The molecule has 0 saturated carbocycles. The maximum atomic E-state index is 15.8. The van der Waals surface area contributed by atoms with Gasteiger partial charge >= 0.3 is 5.97 Å². The van der Waals surface area contributed by atoms with Crippen LogP contribution in [0.4, 0.5) is 0 Å². The highest BCUT2D eigenvalue weighted by molar-refractivity contribution is 7.98. The molecule has 1 saturated heterocycles. The molecule has 16 N–H and O–H groups in total. The van der Waals surface area contributed by atoms with E-state index in [2.05, 4.69) is 31.9 Å². The molecule has 28 heteroatoms. The Balaban J connectivity index is 1.17. The lowest BCUT2D eigenvalue weighted by Crippen LogP contribution is -2.57. The average molecular weight is 1290 g/mol. The summed E-state index contributed by atoms with van der Waals surface area (Å²) in [6.07, 6.45) is -6.67. The summed E-state index contributed by atoms with van der Waals surface area (Å²) in [4.78, 5) is 105. The summed E-state index contributed by atoms with van der Waals surface area (Å²) in [7, 11) is 1.47. The van der Waals surface area contributed by atoms with Gasteiger partial charge in [-0.2, -0.15) is 11.8 Å². The number of phenolic OH excluding ortho intramolecular Hbond substituents is 5. The fourth-order valence-corrected chi connectivity index (χ4v) is 12.1. The van der Waals surface area contributed by atoms with Gasteiger partial charge < -0.3 is 97.4 Å². The molecule has 6 heterocycles. The van der Waals surface area contributed by atoms with Gasteiger partial charge in [0.1, 0.15) is 83.0 Å². The van der Waals surface area contributed by atoms with Crippen LogP contribution in [0.2, 0.25) is 5.02 Å². The van der Waals surface area contributed by atoms with E-state index < -0.39 is 167 Å². The van der Waals surface area contributed by atoms with Gasteiger partial charge in [0, 0.05) is 36.1 Å². The monoisotopic (exact) mass is 1290 g/mol. The van der Waals surface area contributed by atoms with Crippen molar-refractivity contribution in [1.82, 2.24) is 31.9 Å². The van der Waals surface area contributed by atoms with Gasteiger partial charge in [-0.15, -0.1) is 0 Å². The molecule has 478 valence electrons. The van der Waals surface area contributed by atoms with Crippen molar-refractivity contribution in [3.8, 4) is 62.9 Å². The van der Waals surface area contributed by atoms with Gasteiger partial charge in [0.25, 0.3) is 0 Å². The van der Waals surface area contributed by atoms with Crippen LogP contribution in [0.3, 0.4) is 0 Å². The summed E-state index contributed by atoms with van der Waals surface area (Å²) in [5.74, 6) is -13.7. The second-order valence-corrected chi connectivity index (χ2v) is 23.7. The predicted molar refractivity (Wildman–Crippen MR) is 325 cm³/mol. The summed E-state index contributed by atoms with van der Waals surface area (Å²) in [6.45, 7) is 1.51. The first kappa shape index (κ1) is 64.8. The van der Waals surface area contributed by atoms with Crippen molar-refractivity contribution in [3.63, 3.8) is 0 Å². The van der Waals surface area contributed by atoms with Crippen LogP contribution in [0.25, 0.3) is 11.1 Å². The number of aromatic hydroxyl groups is 5. The van der Waals surface area contributed by atoms with Crippen LogP contribution in [0.1, 0.15) is 95.8 Å². The van der Waals surface area contributed by atoms with Gasteiger partial charge in [-0.05, 0) is 133 Å². The van der Waals surface area contributed by atoms with Crippen molar-refractivity contribution < 1.29 is 93.4 Å². The number of carbonyl (C=O) groups is 7. The Morgan fingerprint density at radius 2 is 1.40 bits per heavy atom. The van der Waals surface area contributed by atoms with E-state index in [1.165, 1.54) is 105 Å². The Morgan fingerprint density at radius 3 is 2.07 bits per heavy atom. The summed E-state index contributed by atoms with van der Waals surface area (Å²) < 4.78 is 25.2. The lowest BCUT2D eigenvalue weighted by Gasteiger charge is -2.39. The number of amides is 5. The molecule has 13 atom stereocenters. The second-order valence-electron chi connectivity index (χ2n) is 22.3. The highest BCUT2D eigenvalue weighted by Gasteiger charge is 2.44. The Morgan fingerprint density at radius 1 is 0.736 bits per heavy atom. The number of nitrogens with one attached hydrogen (secondary N) is 6. The molecule has 6 aliphatic rings. The number of phenols is 5. The number of aliphatic hydroxyl groups is 2. The number of Topliss-reactive ketones (excluding diaryl/α,β-unsaturated/α-hetero) is 1. The van der Waals surface area contributed by atoms with Crippen LogP contribution >= 0.6 is 23.4 Å². The van der Waals surface area contributed by atoms with Crippen molar-refractivity contribution in [1.29, 1.82) is 0 Å². The van der Waals surface area contributed by atoms with Gasteiger partial charge in [0.2, 0.25) is 35.3 Å². The zero-order valence-corrected chi connectivity index (χ0v) is 50.2. The van der Waals surface area contributed by atoms with Crippen LogP contribution < -0.4 is 47.1 Å². The Labute approximate surface area is 528 Å². The zero-order chi connectivity index (χ0) is 65.3. The first-order chi connectivity index (χ1) is 43.4. The van der Waals surface area contributed by atoms with Crippen molar-refractivity contribution in [2.75, 3.05) is 19.1 Å². The summed E-state index contributed by atoms with van der Waals surface area (Å²) in [6, 6.07) is 11.1. The highest BCUT2D eigenvalue weighted by Crippen LogP contribution is 2.48. The maximum absolute atomic E-state index is 15.8. The van der Waals surface area contributed by atoms with Crippen LogP contribution in [0.5, 0.6) is 51.7 Å². The van der Waals surface area contributed by atoms with Crippen LogP contribution in [-0.2, 0) is 43.0 Å². The van der Waals surface area contributed by atoms with E-state index >= 15 is 19.2 Å². The quantitative estimate of drug-likeness (QED) is 0.0904. The van der Waals surface area contributed by atoms with E-state index in [0.29, 0.717) is 5.56 Å². The number of halogens is 1. The maximum Gasteiger partial charge on any atom is 0.311 e. The molecular formula is C63H64ClN7O19S. The standard InChI is InChI=1S/C63H64ClN7O19S/c1-26-54(77)39(65)25-47(87-26)90-57-30-9-15-44(38(64)19-30)89-46-21-31-20-45(56(46)79)88-34-12-6-28(7-13-34)55(78)53(71-59(81)49(66-2)27-4-10-32(72)11-5-27)62(84)67-40(16-17-91-3)58(80)68-51(31)61(83)69-50-29-8-14-41(74)37(18-29)48-35(22-33(73)23-42(48)75)36(63(85)86)24-43(76)52(57)70-60(50)82/h4-15,18-23,26,36,39-40,47,49-55,57,66,72-75,77-79H,16-17,24-25,65H2,1-3H3,(H,67,84)(H,68,80)(H,69,83)(H,70,82)(H,71,81)(H,85,86). The molecule has 0 spiro atoms. The predicted octanol–water partition coefficient (Wildman–Crippen LogP) is 4.39. The molecular weight excluding hydrogens is 1230 g/mol. The second kappa shape index (κ2) is 27.1. The Hall–Kier alpha value is -9.19. The summed E-state index contributed by atoms with van der Waals surface area (Å²) in [5, 5.41) is 106. The first-order valence-electron chi connectivity index (χ1n) is 28.6. The minimum atomic E-state index is -2.02. The number of thioether (sulfide) groups is 1. The summed E-state index contributed by atoms with van der Waals surface area (Å²) in [5.41, 5.74) is 5.26. The third kappa shape index (κ3) is 13.8. The van der Waals surface area contributed by atoms with Gasteiger partial charge in [-0.25, -0.2) is 0 Å². The molecule has 0 aliphatic carbocycles. The fraction of sp³-hybridized carbons (Fsp3) is 0.317. The number of likely N-dealkylation sites (N-methyl/N-ethyl adjacent to an activating group) is 1.